The summed E-state index contributed by atoms with van der Waals surface area (Å²) in [5.74, 6) is -0.651. The summed E-state index contributed by atoms with van der Waals surface area (Å²) in [5.41, 5.74) is 1.58. The van der Waals surface area contributed by atoms with Crippen molar-refractivity contribution in [1.82, 2.24) is 19.9 Å². The lowest BCUT2D eigenvalue weighted by molar-refractivity contribution is 0.0733. The van der Waals surface area contributed by atoms with Crippen LogP contribution in [0.3, 0.4) is 0 Å². The van der Waals surface area contributed by atoms with E-state index in [2.05, 4.69) is 15.0 Å². The molecule has 2 aromatic heterocycles. The van der Waals surface area contributed by atoms with Crippen LogP contribution < -0.4 is 5.56 Å². The van der Waals surface area contributed by atoms with E-state index in [1.807, 2.05) is 0 Å². The zero-order valence-electron chi connectivity index (χ0n) is 12.2. The van der Waals surface area contributed by atoms with Gasteiger partial charge in [0.25, 0.3) is 11.5 Å². The highest BCUT2D eigenvalue weighted by molar-refractivity contribution is 7.11. The van der Waals surface area contributed by atoms with Crippen molar-refractivity contribution in [3.05, 3.63) is 43.8 Å². The number of rotatable bonds is 2. The van der Waals surface area contributed by atoms with Gasteiger partial charge in [0.15, 0.2) is 0 Å². The maximum atomic E-state index is 13.4. The molecule has 1 amide bonds. The van der Waals surface area contributed by atoms with Gasteiger partial charge in [-0.15, -0.1) is 11.3 Å². The number of aromatic nitrogens is 3. The molecule has 1 aliphatic heterocycles. The number of nitrogens with zero attached hydrogens (tertiary/aromatic N) is 3. The van der Waals surface area contributed by atoms with Gasteiger partial charge in [0.2, 0.25) is 5.82 Å². The van der Waals surface area contributed by atoms with E-state index in [0.717, 1.165) is 6.42 Å². The van der Waals surface area contributed by atoms with E-state index < -0.39 is 11.4 Å². The van der Waals surface area contributed by atoms with E-state index in [-0.39, 0.29) is 17.6 Å². The van der Waals surface area contributed by atoms with Crippen LogP contribution in [-0.2, 0) is 0 Å². The molecule has 22 heavy (non-hydrogen) atoms. The van der Waals surface area contributed by atoms with Crippen LogP contribution in [0.5, 0.6) is 0 Å². The van der Waals surface area contributed by atoms with E-state index in [1.54, 1.807) is 17.3 Å². The molecule has 3 rings (SSSR count). The molecule has 6 nitrogen and oxygen atoms in total. The van der Waals surface area contributed by atoms with E-state index in [1.165, 1.54) is 18.3 Å². The van der Waals surface area contributed by atoms with E-state index >= 15 is 0 Å². The molecule has 1 saturated heterocycles. The smallest absolute Gasteiger partial charge is 0.287 e. The Bertz CT molecular complexity index is 785. The van der Waals surface area contributed by atoms with Crippen molar-refractivity contribution >= 4 is 17.2 Å². The van der Waals surface area contributed by atoms with E-state index in [9.17, 15) is 14.0 Å². The largest absolute Gasteiger partial charge is 0.328 e. The van der Waals surface area contributed by atoms with Gasteiger partial charge < -0.3 is 9.88 Å². The zero-order chi connectivity index (χ0) is 15.9. The minimum Gasteiger partial charge on any atom is -0.328 e. The quantitative estimate of drug-likeness (QED) is 0.916. The molecule has 0 aromatic carbocycles. The SMILES string of the molecule is Cc1ncsc1C(=O)N1CCC[C@H]1c1nc(C)c(F)c(=O)[nH]1. The second-order valence-corrected chi connectivity index (χ2v) is 6.13. The molecule has 0 saturated carbocycles. The average molecular weight is 322 g/mol. The summed E-state index contributed by atoms with van der Waals surface area (Å²) in [7, 11) is 0. The Hall–Kier alpha value is -2.09. The monoisotopic (exact) mass is 322 g/mol. The molecular weight excluding hydrogens is 307 g/mol. The van der Waals surface area contributed by atoms with Gasteiger partial charge in [-0.05, 0) is 26.7 Å². The summed E-state index contributed by atoms with van der Waals surface area (Å²) >= 11 is 1.30. The number of carbonyl (C=O) groups is 1. The van der Waals surface area contributed by atoms with Gasteiger partial charge in [0.1, 0.15) is 10.7 Å². The van der Waals surface area contributed by atoms with Crippen LogP contribution in [0, 0.1) is 19.7 Å². The Balaban J connectivity index is 1.96. The first kappa shape index (κ1) is 14.8. The number of thiazole rings is 1. The standard InChI is InChI=1S/C14H15FN4O2S/c1-7-10(15)13(20)18-12(17-7)9-4-3-5-19(9)14(21)11-8(2)16-6-22-11/h6,9H,3-5H2,1-2H3,(H,17,18,20)/t9-/m0/s1. The second-order valence-electron chi connectivity index (χ2n) is 5.27. The number of hydrogen-bond acceptors (Lipinski definition) is 5. The fourth-order valence-corrected chi connectivity index (χ4v) is 3.44. The van der Waals surface area contributed by atoms with Crippen LogP contribution in [0.4, 0.5) is 4.39 Å². The lowest BCUT2D eigenvalue weighted by atomic mass is 10.2. The normalized spacial score (nSPS) is 18.0. The van der Waals surface area contributed by atoms with Gasteiger partial charge >= 0.3 is 0 Å². The van der Waals surface area contributed by atoms with Crippen LogP contribution >= 0.6 is 11.3 Å². The highest BCUT2D eigenvalue weighted by atomic mass is 32.1. The molecule has 0 unspecified atom stereocenters. The zero-order valence-corrected chi connectivity index (χ0v) is 13.0. The molecule has 8 heteroatoms. The first-order chi connectivity index (χ1) is 10.5. The van der Waals surface area contributed by atoms with Gasteiger partial charge in [0, 0.05) is 6.54 Å². The third-order valence-corrected chi connectivity index (χ3v) is 4.73. The molecule has 0 bridgehead atoms. The van der Waals surface area contributed by atoms with Crippen molar-refractivity contribution in [3.8, 4) is 0 Å². The van der Waals surface area contributed by atoms with Gasteiger partial charge in [-0.1, -0.05) is 0 Å². The number of hydrogen-bond donors (Lipinski definition) is 1. The third-order valence-electron chi connectivity index (χ3n) is 3.82. The molecule has 1 N–H and O–H groups in total. The minimum atomic E-state index is -0.877. The first-order valence-electron chi connectivity index (χ1n) is 6.96. The fraction of sp³-hybridized carbons (Fsp3) is 0.429. The molecule has 1 fully saturated rings. The van der Waals surface area contributed by atoms with Crippen LogP contribution in [0.1, 0.15) is 45.8 Å². The number of likely N-dealkylation sites (tertiary alicyclic amines) is 1. The van der Waals surface area contributed by atoms with Gasteiger partial charge in [-0.3, -0.25) is 9.59 Å². The first-order valence-corrected chi connectivity index (χ1v) is 7.84. The molecule has 116 valence electrons. The summed E-state index contributed by atoms with van der Waals surface area (Å²) in [4.78, 5) is 37.2. The lowest BCUT2D eigenvalue weighted by Gasteiger charge is -2.23. The maximum Gasteiger partial charge on any atom is 0.287 e. The molecule has 1 aliphatic rings. The third kappa shape index (κ3) is 2.43. The van der Waals surface area contributed by atoms with Crippen molar-refractivity contribution in [2.75, 3.05) is 6.54 Å². The van der Waals surface area contributed by atoms with Crippen LogP contribution in [0.2, 0.25) is 0 Å². The predicted molar refractivity (Wildman–Crippen MR) is 79.4 cm³/mol. The topological polar surface area (TPSA) is 79.0 Å². The fourth-order valence-electron chi connectivity index (χ4n) is 2.68. The number of aromatic amines is 1. The van der Waals surface area contributed by atoms with Crippen molar-refractivity contribution < 1.29 is 9.18 Å². The lowest BCUT2D eigenvalue weighted by Crippen LogP contribution is -2.33. The van der Waals surface area contributed by atoms with Crippen molar-refractivity contribution in [2.24, 2.45) is 0 Å². The molecule has 2 aromatic rings. The Labute approximate surface area is 130 Å². The van der Waals surface area contributed by atoms with E-state index in [4.69, 9.17) is 0 Å². The number of aryl methyl sites for hydroxylation is 2. The molecule has 0 radical (unpaired) electrons. The summed E-state index contributed by atoms with van der Waals surface area (Å²) in [6.07, 6.45) is 1.51. The van der Waals surface area contributed by atoms with Crippen LogP contribution in [0.25, 0.3) is 0 Å². The number of amides is 1. The van der Waals surface area contributed by atoms with E-state index in [0.29, 0.717) is 29.4 Å². The van der Waals surface area contributed by atoms with Crippen molar-refractivity contribution in [2.45, 2.75) is 32.7 Å². The minimum absolute atomic E-state index is 0.0482. The van der Waals surface area contributed by atoms with Gasteiger partial charge in [-0.2, -0.15) is 4.39 Å². The highest BCUT2D eigenvalue weighted by Crippen LogP contribution is 2.32. The number of nitrogens with one attached hydrogen (secondary N) is 1. The molecular formula is C14H15FN4O2S. The number of carbonyl (C=O) groups excluding carboxylic acids is 1. The Morgan fingerprint density at radius 2 is 2.23 bits per heavy atom. The second kappa shape index (κ2) is 5.60. The molecule has 3 heterocycles. The predicted octanol–water partition coefficient (Wildman–Crippen LogP) is 1.96. The van der Waals surface area contributed by atoms with Crippen LogP contribution in [0.15, 0.2) is 10.3 Å². The van der Waals surface area contributed by atoms with Gasteiger partial charge in [0.05, 0.1) is 22.9 Å². The average Bonchev–Trinajstić information content (AvgIpc) is 3.12. The Morgan fingerprint density at radius 3 is 2.86 bits per heavy atom. The van der Waals surface area contributed by atoms with Gasteiger partial charge in [-0.25, -0.2) is 9.97 Å². The maximum absolute atomic E-state index is 13.4. The molecule has 0 spiro atoms. The number of H-pyrrole nitrogens is 1. The van der Waals surface area contributed by atoms with Crippen molar-refractivity contribution in [3.63, 3.8) is 0 Å². The summed E-state index contributed by atoms with van der Waals surface area (Å²) in [6.45, 7) is 3.82. The Kier molecular flexibility index (Phi) is 3.78. The van der Waals surface area contributed by atoms with Crippen molar-refractivity contribution in [1.29, 1.82) is 0 Å². The highest BCUT2D eigenvalue weighted by Gasteiger charge is 2.34. The van der Waals surface area contributed by atoms with Crippen LogP contribution in [-0.4, -0.2) is 32.3 Å². The number of halogens is 1. The Morgan fingerprint density at radius 1 is 1.45 bits per heavy atom. The summed E-state index contributed by atoms with van der Waals surface area (Å²) in [6, 6.07) is -0.332. The summed E-state index contributed by atoms with van der Waals surface area (Å²) in [5, 5.41) is 0. The molecule has 1 atom stereocenters. The molecule has 0 aliphatic carbocycles. The summed E-state index contributed by atoms with van der Waals surface area (Å²) < 4.78 is 13.4.